The van der Waals surface area contributed by atoms with Crippen LogP contribution >= 0.6 is 0 Å². The van der Waals surface area contributed by atoms with Crippen LogP contribution in [-0.2, 0) is 11.3 Å². The van der Waals surface area contributed by atoms with E-state index in [0.717, 1.165) is 38.2 Å². The Bertz CT molecular complexity index is 294. The molecule has 1 heterocycles. The molecule has 1 fully saturated rings. The van der Waals surface area contributed by atoms with E-state index in [0.29, 0.717) is 0 Å². The van der Waals surface area contributed by atoms with Gasteiger partial charge in [-0.05, 0) is 25.7 Å². The van der Waals surface area contributed by atoms with Crippen LogP contribution in [0.2, 0.25) is 0 Å². The highest BCUT2D eigenvalue weighted by atomic mass is 16.5. The summed E-state index contributed by atoms with van der Waals surface area (Å²) in [5.41, 5.74) is 0. The number of hydrogen-bond donors (Lipinski definition) is 1. The van der Waals surface area contributed by atoms with Crippen LogP contribution in [0.4, 0.5) is 5.95 Å². The Morgan fingerprint density at radius 2 is 2.47 bits per heavy atom. The lowest BCUT2D eigenvalue weighted by Crippen LogP contribution is -2.13. The van der Waals surface area contributed by atoms with E-state index < -0.39 is 0 Å². The van der Waals surface area contributed by atoms with Crippen LogP contribution in [-0.4, -0.2) is 29.3 Å². The maximum absolute atomic E-state index is 5.53. The molecule has 84 valence electrons. The number of aromatic nitrogens is 2. The summed E-state index contributed by atoms with van der Waals surface area (Å²) < 4.78 is 7.61. The van der Waals surface area contributed by atoms with E-state index in [4.69, 9.17) is 4.74 Å². The molecule has 0 bridgehead atoms. The summed E-state index contributed by atoms with van der Waals surface area (Å²) in [5, 5.41) is 3.27. The van der Waals surface area contributed by atoms with Crippen LogP contribution in [0.1, 0.15) is 19.8 Å². The van der Waals surface area contributed by atoms with Crippen molar-refractivity contribution in [2.24, 2.45) is 5.92 Å². The zero-order valence-electron chi connectivity index (χ0n) is 9.28. The topological polar surface area (TPSA) is 39.1 Å². The molecule has 1 aliphatic rings. The number of nitrogens with one attached hydrogen (secondary N) is 1. The summed E-state index contributed by atoms with van der Waals surface area (Å²) in [6.07, 6.45) is 6.51. The van der Waals surface area contributed by atoms with Gasteiger partial charge in [-0.1, -0.05) is 0 Å². The highest BCUT2D eigenvalue weighted by Gasteiger charge is 2.20. The van der Waals surface area contributed by atoms with Gasteiger partial charge >= 0.3 is 0 Å². The minimum absolute atomic E-state index is 0.771. The van der Waals surface area contributed by atoms with Gasteiger partial charge in [-0.3, -0.25) is 0 Å². The van der Waals surface area contributed by atoms with Crippen molar-refractivity contribution in [3.05, 3.63) is 12.4 Å². The second-order valence-electron chi connectivity index (χ2n) is 3.98. The Morgan fingerprint density at radius 1 is 1.60 bits per heavy atom. The smallest absolute Gasteiger partial charge is 0.202 e. The van der Waals surface area contributed by atoms with Crippen molar-refractivity contribution in [3.8, 4) is 0 Å². The van der Waals surface area contributed by atoms with E-state index in [1.165, 1.54) is 12.8 Å². The predicted molar refractivity (Wildman–Crippen MR) is 59.9 cm³/mol. The molecule has 4 nitrogen and oxygen atoms in total. The largest absolute Gasteiger partial charge is 0.379 e. The Labute approximate surface area is 90.6 Å². The van der Waals surface area contributed by atoms with Crippen molar-refractivity contribution in [1.29, 1.82) is 0 Å². The van der Waals surface area contributed by atoms with Crippen LogP contribution in [0.15, 0.2) is 12.4 Å². The molecular formula is C11H19N3O. The first-order valence-corrected chi connectivity index (χ1v) is 5.73. The molecule has 0 aromatic carbocycles. The van der Waals surface area contributed by atoms with Crippen LogP contribution < -0.4 is 5.32 Å². The monoisotopic (exact) mass is 209 g/mol. The number of imidazole rings is 1. The third kappa shape index (κ3) is 3.23. The number of nitrogens with zero attached hydrogens (tertiary/aromatic N) is 2. The van der Waals surface area contributed by atoms with Crippen molar-refractivity contribution in [2.45, 2.75) is 26.3 Å². The lowest BCUT2D eigenvalue weighted by Gasteiger charge is -2.07. The number of anilines is 1. The highest BCUT2D eigenvalue weighted by molar-refractivity contribution is 5.25. The summed E-state index contributed by atoms with van der Waals surface area (Å²) in [6, 6.07) is 0. The quantitative estimate of drug-likeness (QED) is 0.695. The lowest BCUT2D eigenvalue weighted by molar-refractivity contribution is 0.133. The van der Waals surface area contributed by atoms with Crippen LogP contribution in [0, 0.1) is 5.92 Å². The van der Waals surface area contributed by atoms with Crippen molar-refractivity contribution in [3.63, 3.8) is 0 Å². The van der Waals surface area contributed by atoms with Crippen LogP contribution in [0.3, 0.4) is 0 Å². The average Bonchev–Trinajstić information content (AvgIpc) is 2.96. The number of aryl methyl sites for hydroxylation is 1. The van der Waals surface area contributed by atoms with Gasteiger partial charge in [-0.15, -0.1) is 0 Å². The van der Waals surface area contributed by atoms with E-state index in [1.54, 1.807) is 0 Å². The zero-order chi connectivity index (χ0) is 10.5. The van der Waals surface area contributed by atoms with Gasteiger partial charge in [0.1, 0.15) is 0 Å². The number of rotatable bonds is 7. The van der Waals surface area contributed by atoms with E-state index in [-0.39, 0.29) is 0 Å². The van der Waals surface area contributed by atoms with Gasteiger partial charge in [0, 0.05) is 32.1 Å². The molecule has 1 N–H and O–H groups in total. The normalized spacial score (nSPS) is 15.5. The lowest BCUT2D eigenvalue weighted by atomic mass is 10.5. The minimum atomic E-state index is 0.771. The second kappa shape index (κ2) is 5.16. The summed E-state index contributed by atoms with van der Waals surface area (Å²) in [6.45, 7) is 5.60. The zero-order valence-corrected chi connectivity index (χ0v) is 9.28. The summed E-state index contributed by atoms with van der Waals surface area (Å²) in [5.74, 6) is 1.79. The molecule has 4 heteroatoms. The van der Waals surface area contributed by atoms with Crippen molar-refractivity contribution >= 4 is 5.95 Å². The van der Waals surface area contributed by atoms with Gasteiger partial charge in [0.25, 0.3) is 0 Å². The van der Waals surface area contributed by atoms with Crippen molar-refractivity contribution in [2.75, 3.05) is 25.1 Å². The van der Waals surface area contributed by atoms with Crippen LogP contribution in [0.5, 0.6) is 0 Å². The third-order valence-electron chi connectivity index (χ3n) is 2.64. The Kier molecular flexibility index (Phi) is 3.61. The molecule has 0 radical (unpaired) electrons. The number of hydrogen-bond acceptors (Lipinski definition) is 3. The molecule has 0 amide bonds. The fourth-order valence-electron chi connectivity index (χ4n) is 1.50. The average molecular weight is 209 g/mol. The van der Waals surface area contributed by atoms with Gasteiger partial charge in [0.05, 0.1) is 6.61 Å². The predicted octanol–water partition coefficient (Wildman–Crippen LogP) is 1.74. The van der Waals surface area contributed by atoms with Crippen molar-refractivity contribution in [1.82, 2.24) is 9.55 Å². The standard InChI is InChI=1S/C11H19N3O/c1-2-14-7-5-12-11(14)13-6-8-15-9-10-3-4-10/h5,7,10H,2-4,6,8-9H2,1H3,(H,12,13). The molecule has 1 aliphatic carbocycles. The SMILES string of the molecule is CCn1ccnc1NCCOCC1CC1. The fourth-order valence-corrected chi connectivity index (χ4v) is 1.50. The molecule has 1 saturated carbocycles. The first-order chi connectivity index (χ1) is 7.40. The minimum Gasteiger partial charge on any atom is -0.379 e. The summed E-state index contributed by atoms with van der Waals surface area (Å²) in [4.78, 5) is 4.23. The molecule has 0 aliphatic heterocycles. The summed E-state index contributed by atoms with van der Waals surface area (Å²) >= 11 is 0. The molecule has 0 atom stereocenters. The molecule has 0 spiro atoms. The molecule has 2 rings (SSSR count). The fraction of sp³-hybridized carbons (Fsp3) is 0.727. The summed E-state index contributed by atoms with van der Waals surface area (Å²) in [7, 11) is 0. The maximum atomic E-state index is 5.53. The second-order valence-corrected chi connectivity index (χ2v) is 3.98. The molecule has 0 unspecified atom stereocenters. The number of ether oxygens (including phenoxy) is 1. The van der Waals surface area contributed by atoms with E-state index in [1.807, 2.05) is 12.4 Å². The Balaban J connectivity index is 1.59. The molecule has 15 heavy (non-hydrogen) atoms. The highest BCUT2D eigenvalue weighted by Crippen LogP contribution is 2.28. The van der Waals surface area contributed by atoms with E-state index in [9.17, 15) is 0 Å². The molecule has 0 saturated heterocycles. The Morgan fingerprint density at radius 3 is 3.20 bits per heavy atom. The van der Waals surface area contributed by atoms with E-state index in [2.05, 4.69) is 21.8 Å². The Hall–Kier alpha value is -1.03. The molecule has 1 aromatic heterocycles. The first kappa shape index (κ1) is 10.5. The van der Waals surface area contributed by atoms with Gasteiger partial charge < -0.3 is 14.6 Å². The van der Waals surface area contributed by atoms with Gasteiger partial charge in [-0.2, -0.15) is 0 Å². The maximum Gasteiger partial charge on any atom is 0.202 e. The third-order valence-corrected chi connectivity index (χ3v) is 2.64. The van der Waals surface area contributed by atoms with Gasteiger partial charge in [-0.25, -0.2) is 4.98 Å². The van der Waals surface area contributed by atoms with Gasteiger partial charge in [0.2, 0.25) is 5.95 Å². The van der Waals surface area contributed by atoms with Crippen molar-refractivity contribution < 1.29 is 4.74 Å². The molecule has 1 aromatic rings. The van der Waals surface area contributed by atoms with Gasteiger partial charge in [0.15, 0.2) is 0 Å². The first-order valence-electron chi connectivity index (χ1n) is 5.73. The van der Waals surface area contributed by atoms with Crippen LogP contribution in [0.25, 0.3) is 0 Å². The van der Waals surface area contributed by atoms with E-state index >= 15 is 0 Å². The molecular weight excluding hydrogens is 190 g/mol.